The monoisotopic (exact) mass is 414 g/mol. The fourth-order valence-corrected chi connectivity index (χ4v) is 8.55. The number of rotatable bonds is 1. The van der Waals surface area contributed by atoms with Crippen LogP contribution in [0.15, 0.2) is 12.2 Å². The lowest BCUT2D eigenvalue weighted by atomic mass is 9.44. The molecule has 8 atom stereocenters. The Morgan fingerprint density at radius 3 is 2.23 bits per heavy atom. The maximum atomic E-state index is 12.7. The summed E-state index contributed by atoms with van der Waals surface area (Å²) in [5.74, 6) is 6.15. The van der Waals surface area contributed by atoms with E-state index < -0.39 is 0 Å². The number of carbonyl (C=O) groups is 2. The molecule has 4 saturated carbocycles. The highest BCUT2D eigenvalue weighted by molar-refractivity contribution is 5.90. The first-order valence-electron chi connectivity index (χ1n) is 13.3. The Morgan fingerprint density at radius 1 is 0.833 bits per heavy atom. The molecular weight excluding hydrogens is 368 g/mol. The van der Waals surface area contributed by atoms with Crippen molar-refractivity contribution in [2.24, 2.45) is 46.8 Å². The molecule has 0 amide bonds. The van der Waals surface area contributed by atoms with Crippen molar-refractivity contribution in [3.05, 3.63) is 12.2 Å². The van der Waals surface area contributed by atoms with E-state index in [9.17, 15) is 9.59 Å². The molecule has 0 aromatic carbocycles. The highest BCUT2D eigenvalue weighted by Gasteiger charge is 2.57. The topological polar surface area (TPSA) is 34.1 Å². The van der Waals surface area contributed by atoms with Gasteiger partial charge >= 0.3 is 0 Å². The van der Waals surface area contributed by atoms with Gasteiger partial charge in [-0.3, -0.25) is 9.59 Å². The second-order valence-electron chi connectivity index (χ2n) is 10.3. The normalized spacial score (nSPS) is 43.9. The summed E-state index contributed by atoms with van der Waals surface area (Å²) < 4.78 is 0. The minimum atomic E-state index is 0.0423. The second-order valence-corrected chi connectivity index (χ2v) is 10.3. The number of carbonyl (C=O) groups excluding carboxylic acids is 2. The molecule has 0 bridgehead atoms. The van der Waals surface area contributed by atoms with E-state index in [0.29, 0.717) is 29.3 Å². The van der Waals surface area contributed by atoms with Crippen LogP contribution in [-0.4, -0.2) is 11.6 Å². The molecule has 0 N–H and O–H groups in total. The molecule has 170 valence electrons. The Kier molecular flexibility index (Phi) is 8.02. The molecule has 5 aliphatic rings. The summed E-state index contributed by atoms with van der Waals surface area (Å²) in [7, 11) is 0. The molecule has 5 rings (SSSR count). The zero-order valence-corrected chi connectivity index (χ0v) is 20.3. The average Bonchev–Trinajstić information content (AvgIpc) is 2.80. The number of allylic oxidation sites excluding steroid dienone is 2. The van der Waals surface area contributed by atoms with E-state index in [-0.39, 0.29) is 5.41 Å². The van der Waals surface area contributed by atoms with Crippen molar-refractivity contribution in [1.82, 2.24) is 0 Å². The Morgan fingerprint density at radius 2 is 1.50 bits per heavy atom. The van der Waals surface area contributed by atoms with Gasteiger partial charge in [-0.2, -0.15) is 0 Å². The summed E-state index contributed by atoms with van der Waals surface area (Å²) in [6, 6.07) is 0. The van der Waals surface area contributed by atoms with Gasteiger partial charge in [-0.25, -0.2) is 0 Å². The molecule has 0 spiro atoms. The molecule has 0 aromatic rings. The van der Waals surface area contributed by atoms with Gasteiger partial charge in [0.2, 0.25) is 0 Å². The molecule has 0 radical (unpaired) electrons. The minimum absolute atomic E-state index is 0.0423. The fourth-order valence-electron chi connectivity index (χ4n) is 8.55. The smallest absolute Gasteiger partial charge is 0.155 e. The van der Waals surface area contributed by atoms with Crippen LogP contribution in [0.25, 0.3) is 0 Å². The third-order valence-electron chi connectivity index (χ3n) is 9.60. The SMILES string of the molecule is CC.CC.CC(=O)C12CCCCC1C1CCC3C4C=CC(=O)CC4CCC3C1CC2. The molecule has 2 nitrogen and oxygen atoms in total. The van der Waals surface area contributed by atoms with E-state index >= 15 is 0 Å². The van der Waals surface area contributed by atoms with Crippen LogP contribution in [0.2, 0.25) is 0 Å². The average molecular weight is 415 g/mol. The van der Waals surface area contributed by atoms with Crippen molar-refractivity contribution >= 4 is 11.6 Å². The van der Waals surface area contributed by atoms with Crippen LogP contribution in [0, 0.1) is 46.8 Å². The van der Waals surface area contributed by atoms with Gasteiger partial charge in [0.25, 0.3) is 0 Å². The number of ketones is 2. The second kappa shape index (κ2) is 10.1. The van der Waals surface area contributed by atoms with Gasteiger partial charge in [0.05, 0.1) is 0 Å². The number of fused-ring (bicyclic) bond motifs is 7. The Balaban J connectivity index is 0.000000606. The Bertz CT molecular complexity index is 635. The fraction of sp³-hybridized carbons (Fsp3) is 0.857. The van der Waals surface area contributed by atoms with Gasteiger partial charge < -0.3 is 0 Å². The third kappa shape index (κ3) is 3.97. The first-order valence-corrected chi connectivity index (χ1v) is 13.3. The van der Waals surface area contributed by atoms with E-state index in [1.165, 1.54) is 64.2 Å². The number of Topliss-reactive ketones (excluding diaryl/α,β-unsaturated/α-hetero) is 1. The lowest BCUT2D eigenvalue weighted by Gasteiger charge is -2.59. The maximum Gasteiger partial charge on any atom is 0.155 e. The van der Waals surface area contributed by atoms with Gasteiger partial charge in [-0.15, -0.1) is 0 Å². The largest absolute Gasteiger partial charge is 0.299 e. The molecule has 0 heterocycles. The Hall–Kier alpha value is -0.920. The molecule has 0 aliphatic heterocycles. The molecule has 4 fully saturated rings. The number of hydrogen-bond donors (Lipinski definition) is 0. The zero-order chi connectivity index (χ0) is 21.9. The highest BCUT2D eigenvalue weighted by atomic mass is 16.1. The van der Waals surface area contributed by atoms with Crippen LogP contribution >= 0.6 is 0 Å². The van der Waals surface area contributed by atoms with Gasteiger partial charge in [0, 0.05) is 11.8 Å². The molecule has 0 saturated heterocycles. The molecule has 5 aliphatic carbocycles. The third-order valence-corrected chi connectivity index (χ3v) is 9.60. The van der Waals surface area contributed by atoms with Crippen molar-refractivity contribution in [3.8, 4) is 0 Å². The van der Waals surface area contributed by atoms with Crippen molar-refractivity contribution in [2.45, 2.75) is 105 Å². The minimum Gasteiger partial charge on any atom is -0.299 e. The van der Waals surface area contributed by atoms with Crippen LogP contribution in [0.1, 0.15) is 105 Å². The van der Waals surface area contributed by atoms with Crippen LogP contribution < -0.4 is 0 Å². The predicted molar refractivity (Wildman–Crippen MR) is 125 cm³/mol. The van der Waals surface area contributed by atoms with E-state index in [2.05, 4.69) is 6.08 Å². The van der Waals surface area contributed by atoms with Crippen molar-refractivity contribution in [2.75, 3.05) is 0 Å². The van der Waals surface area contributed by atoms with E-state index in [0.717, 1.165) is 30.1 Å². The number of hydrogen-bond acceptors (Lipinski definition) is 2. The van der Waals surface area contributed by atoms with Crippen LogP contribution in [0.5, 0.6) is 0 Å². The van der Waals surface area contributed by atoms with Crippen molar-refractivity contribution in [3.63, 3.8) is 0 Å². The molecule has 8 unspecified atom stereocenters. The van der Waals surface area contributed by atoms with Crippen LogP contribution in [-0.2, 0) is 9.59 Å². The van der Waals surface area contributed by atoms with Crippen LogP contribution in [0.3, 0.4) is 0 Å². The zero-order valence-electron chi connectivity index (χ0n) is 20.3. The first-order chi connectivity index (χ1) is 14.6. The first kappa shape index (κ1) is 23.7. The molecular formula is C28H46O2. The lowest BCUT2D eigenvalue weighted by Crippen LogP contribution is -2.54. The van der Waals surface area contributed by atoms with E-state index in [1.807, 2.05) is 40.7 Å². The van der Waals surface area contributed by atoms with Gasteiger partial charge in [-0.05, 0) is 106 Å². The standard InChI is InChI=1S/C24H34O2.2C2H6/c1-15(25)24-12-3-2-4-23(24)22-10-9-19-18-8-6-17(26)14-16(18)5-7-20(19)21(22)11-13-24;2*1-2/h6,8,16,18-23H,2-5,7,9-14H2,1H3;2*1-2H3. The summed E-state index contributed by atoms with van der Waals surface area (Å²) in [5.41, 5.74) is 0.0423. The molecule has 30 heavy (non-hydrogen) atoms. The summed E-state index contributed by atoms with van der Waals surface area (Å²) in [5, 5.41) is 0. The highest BCUT2D eigenvalue weighted by Crippen LogP contribution is 2.63. The lowest BCUT2D eigenvalue weighted by molar-refractivity contribution is -0.148. The summed E-state index contributed by atoms with van der Waals surface area (Å²) >= 11 is 0. The van der Waals surface area contributed by atoms with E-state index in [4.69, 9.17) is 0 Å². The van der Waals surface area contributed by atoms with Gasteiger partial charge in [0.1, 0.15) is 5.78 Å². The molecule has 2 heteroatoms. The van der Waals surface area contributed by atoms with Crippen molar-refractivity contribution < 1.29 is 9.59 Å². The van der Waals surface area contributed by atoms with E-state index in [1.54, 1.807) is 0 Å². The maximum absolute atomic E-state index is 12.7. The predicted octanol–water partition coefficient (Wildman–Crippen LogP) is 7.41. The summed E-state index contributed by atoms with van der Waals surface area (Å²) in [4.78, 5) is 24.5. The van der Waals surface area contributed by atoms with Crippen molar-refractivity contribution in [1.29, 1.82) is 0 Å². The summed E-state index contributed by atoms with van der Waals surface area (Å²) in [6.07, 6.45) is 17.8. The Labute approximate surface area is 185 Å². The quantitative estimate of drug-likeness (QED) is 0.447. The molecule has 0 aromatic heterocycles. The summed E-state index contributed by atoms with van der Waals surface area (Å²) in [6.45, 7) is 9.89. The van der Waals surface area contributed by atoms with Crippen LogP contribution in [0.4, 0.5) is 0 Å². The van der Waals surface area contributed by atoms with Gasteiger partial charge in [-0.1, -0.05) is 46.6 Å². The van der Waals surface area contributed by atoms with Gasteiger partial charge in [0.15, 0.2) is 5.78 Å².